The van der Waals surface area contributed by atoms with Crippen molar-refractivity contribution in [3.63, 3.8) is 0 Å². The maximum absolute atomic E-state index is 3.98. The molecule has 1 saturated carbocycles. The predicted octanol–water partition coefficient (Wildman–Crippen LogP) is 4.20. The van der Waals surface area contributed by atoms with Gasteiger partial charge >= 0.3 is 0 Å². The van der Waals surface area contributed by atoms with Crippen LogP contribution >= 0.6 is 0 Å². The third-order valence-electron chi connectivity index (χ3n) is 5.64. The standard InChI is InChI=1S/C18H36N2/c1-6-10-15(2)20-14-18(11-8-7-9-12-18)19-13-16(20)17(3,4)5/h15-16,19H,6-14H2,1-5H3. The Kier molecular flexibility index (Phi) is 5.18. The van der Waals surface area contributed by atoms with Gasteiger partial charge in [0, 0.05) is 30.7 Å². The third-order valence-corrected chi connectivity index (χ3v) is 5.64. The molecule has 1 heterocycles. The Labute approximate surface area is 126 Å². The lowest BCUT2D eigenvalue weighted by atomic mass is 9.75. The van der Waals surface area contributed by atoms with Gasteiger partial charge in [-0.3, -0.25) is 4.90 Å². The van der Waals surface area contributed by atoms with Gasteiger partial charge in [-0.2, -0.15) is 0 Å². The molecule has 2 atom stereocenters. The van der Waals surface area contributed by atoms with Crippen molar-refractivity contribution in [1.29, 1.82) is 0 Å². The van der Waals surface area contributed by atoms with Crippen LogP contribution < -0.4 is 5.32 Å². The molecule has 2 heteroatoms. The topological polar surface area (TPSA) is 15.3 Å². The summed E-state index contributed by atoms with van der Waals surface area (Å²) in [5.41, 5.74) is 0.799. The van der Waals surface area contributed by atoms with E-state index in [0.717, 1.165) is 6.04 Å². The van der Waals surface area contributed by atoms with E-state index in [9.17, 15) is 0 Å². The van der Waals surface area contributed by atoms with Gasteiger partial charge in [-0.15, -0.1) is 0 Å². The molecule has 2 rings (SSSR count). The fourth-order valence-electron chi connectivity index (χ4n) is 4.36. The van der Waals surface area contributed by atoms with E-state index in [1.54, 1.807) is 0 Å². The van der Waals surface area contributed by atoms with Gasteiger partial charge in [0.25, 0.3) is 0 Å². The second-order valence-corrected chi connectivity index (χ2v) is 8.41. The molecule has 2 fully saturated rings. The molecular formula is C18H36N2. The van der Waals surface area contributed by atoms with Crippen LogP contribution in [0.15, 0.2) is 0 Å². The first-order valence-corrected chi connectivity index (χ1v) is 8.89. The normalized spacial score (nSPS) is 29.6. The Morgan fingerprint density at radius 2 is 1.85 bits per heavy atom. The molecule has 2 aliphatic rings. The van der Waals surface area contributed by atoms with E-state index in [1.807, 2.05) is 0 Å². The smallest absolute Gasteiger partial charge is 0.0309 e. The summed E-state index contributed by atoms with van der Waals surface area (Å²) in [6.45, 7) is 14.4. The molecule has 0 radical (unpaired) electrons. The second kappa shape index (κ2) is 6.36. The van der Waals surface area contributed by atoms with E-state index in [0.29, 0.717) is 17.0 Å². The zero-order valence-corrected chi connectivity index (χ0v) is 14.5. The summed E-state index contributed by atoms with van der Waals surface area (Å²) >= 11 is 0. The first-order chi connectivity index (χ1) is 9.38. The summed E-state index contributed by atoms with van der Waals surface area (Å²) in [5, 5.41) is 3.98. The number of hydrogen-bond acceptors (Lipinski definition) is 2. The molecule has 20 heavy (non-hydrogen) atoms. The van der Waals surface area contributed by atoms with E-state index in [2.05, 4.69) is 44.8 Å². The summed E-state index contributed by atoms with van der Waals surface area (Å²) in [5.74, 6) is 0. The van der Waals surface area contributed by atoms with Gasteiger partial charge in [-0.25, -0.2) is 0 Å². The molecule has 0 aromatic rings. The molecule has 1 N–H and O–H groups in total. The maximum atomic E-state index is 3.98. The van der Waals surface area contributed by atoms with Crippen LogP contribution in [0.5, 0.6) is 0 Å². The van der Waals surface area contributed by atoms with Gasteiger partial charge in [0.15, 0.2) is 0 Å². The Morgan fingerprint density at radius 1 is 1.20 bits per heavy atom. The lowest BCUT2D eigenvalue weighted by Gasteiger charge is -2.55. The van der Waals surface area contributed by atoms with Crippen molar-refractivity contribution in [2.24, 2.45) is 5.41 Å². The van der Waals surface area contributed by atoms with Crippen LogP contribution in [0.25, 0.3) is 0 Å². The maximum Gasteiger partial charge on any atom is 0.0309 e. The van der Waals surface area contributed by atoms with Crippen molar-refractivity contribution in [2.45, 2.75) is 97.2 Å². The molecule has 2 nitrogen and oxygen atoms in total. The molecule has 0 amide bonds. The Bertz CT molecular complexity index is 299. The van der Waals surface area contributed by atoms with E-state index in [4.69, 9.17) is 0 Å². The molecular weight excluding hydrogens is 244 g/mol. The monoisotopic (exact) mass is 280 g/mol. The molecule has 1 aliphatic carbocycles. The minimum atomic E-state index is 0.366. The summed E-state index contributed by atoms with van der Waals surface area (Å²) in [7, 11) is 0. The van der Waals surface area contributed by atoms with Crippen LogP contribution in [0.1, 0.15) is 79.6 Å². The quantitative estimate of drug-likeness (QED) is 0.833. The van der Waals surface area contributed by atoms with E-state index in [-0.39, 0.29) is 0 Å². The highest BCUT2D eigenvalue weighted by Gasteiger charge is 2.44. The largest absolute Gasteiger partial charge is 0.308 e. The highest BCUT2D eigenvalue weighted by atomic mass is 15.3. The average molecular weight is 280 g/mol. The van der Waals surface area contributed by atoms with Gasteiger partial charge in [-0.1, -0.05) is 53.4 Å². The first-order valence-electron chi connectivity index (χ1n) is 8.89. The zero-order valence-electron chi connectivity index (χ0n) is 14.5. The highest BCUT2D eigenvalue weighted by molar-refractivity contribution is 5.03. The number of rotatable bonds is 3. The predicted molar refractivity (Wildman–Crippen MR) is 88.1 cm³/mol. The van der Waals surface area contributed by atoms with E-state index < -0.39 is 0 Å². The molecule has 1 aliphatic heterocycles. The van der Waals surface area contributed by atoms with Crippen LogP contribution in [-0.4, -0.2) is 35.6 Å². The highest BCUT2D eigenvalue weighted by Crippen LogP contribution is 2.37. The summed E-state index contributed by atoms with van der Waals surface area (Å²) in [6.07, 6.45) is 9.69. The van der Waals surface area contributed by atoms with Crippen molar-refractivity contribution < 1.29 is 0 Å². The van der Waals surface area contributed by atoms with Crippen molar-refractivity contribution in [3.8, 4) is 0 Å². The third kappa shape index (κ3) is 3.57. The molecule has 0 bridgehead atoms. The Morgan fingerprint density at radius 3 is 2.40 bits per heavy atom. The molecule has 0 aromatic heterocycles. The zero-order chi connectivity index (χ0) is 14.8. The van der Waals surface area contributed by atoms with E-state index in [1.165, 1.54) is 58.0 Å². The summed E-state index contributed by atoms with van der Waals surface area (Å²) < 4.78 is 0. The van der Waals surface area contributed by atoms with Crippen molar-refractivity contribution in [1.82, 2.24) is 10.2 Å². The lowest BCUT2D eigenvalue weighted by molar-refractivity contribution is -0.0170. The van der Waals surface area contributed by atoms with E-state index >= 15 is 0 Å². The minimum Gasteiger partial charge on any atom is -0.308 e. The second-order valence-electron chi connectivity index (χ2n) is 8.41. The number of nitrogens with one attached hydrogen (secondary N) is 1. The lowest BCUT2D eigenvalue weighted by Crippen LogP contribution is -2.68. The molecule has 0 aromatic carbocycles. The van der Waals surface area contributed by atoms with Crippen LogP contribution in [0.2, 0.25) is 0 Å². The van der Waals surface area contributed by atoms with Crippen LogP contribution in [0.3, 0.4) is 0 Å². The SMILES string of the molecule is CCCC(C)N1CC2(CCCCC2)NCC1C(C)(C)C. The van der Waals surface area contributed by atoms with Gasteiger partial charge in [0.1, 0.15) is 0 Å². The fourth-order valence-corrected chi connectivity index (χ4v) is 4.36. The van der Waals surface area contributed by atoms with Gasteiger partial charge in [0.2, 0.25) is 0 Å². The van der Waals surface area contributed by atoms with Crippen molar-refractivity contribution in [2.75, 3.05) is 13.1 Å². The minimum absolute atomic E-state index is 0.366. The van der Waals surface area contributed by atoms with Gasteiger partial charge in [-0.05, 0) is 31.6 Å². The van der Waals surface area contributed by atoms with Crippen LogP contribution in [0, 0.1) is 5.41 Å². The van der Waals surface area contributed by atoms with Crippen molar-refractivity contribution >= 4 is 0 Å². The Hall–Kier alpha value is -0.0800. The molecule has 1 saturated heterocycles. The van der Waals surface area contributed by atoms with Gasteiger partial charge in [0.05, 0.1) is 0 Å². The van der Waals surface area contributed by atoms with Gasteiger partial charge < -0.3 is 5.32 Å². The summed E-state index contributed by atoms with van der Waals surface area (Å²) in [6, 6.07) is 1.40. The van der Waals surface area contributed by atoms with Crippen LogP contribution in [-0.2, 0) is 0 Å². The number of piperazine rings is 1. The average Bonchev–Trinajstić information content (AvgIpc) is 2.38. The Balaban J connectivity index is 2.13. The summed E-state index contributed by atoms with van der Waals surface area (Å²) in [4.78, 5) is 2.85. The molecule has 118 valence electrons. The first kappa shape index (κ1) is 16.3. The van der Waals surface area contributed by atoms with Crippen molar-refractivity contribution in [3.05, 3.63) is 0 Å². The van der Waals surface area contributed by atoms with Crippen LogP contribution in [0.4, 0.5) is 0 Å². The molecule has 1 spiro atoms. The number of nitrogens with zero attached hydrogens (tertiary/aromatic N) is 1. The molecule has 2 unspecified atom stereocenters. The fraction of sp³-hybridized carbons (Fsp3) is 1.00. The number of hydrogen-bond donors (Lipinski definition) is 1.